The van der Waals surface area contributed by atoms with Crippen LogP contribution in [-0.2, 0) is 0 Å². The summed E-state index contributed by atoms with van der Waals surface area (Å²) in [4.78, 5) is 11.7. The van der Waals surface area contributed by atoms with Crippen molar-refractivity contribution >= 4 is 18.2 Å². The lowest BCUT2D eigenvalue weighted by molar-refractivity contribution is 0.100. The molecule has 0 aliphatic heterocycles. The Morgan fingerprint density at radius 2 is 1.53 bits per heavy atom. The Morgan fingerprint density at radius 3 is 2.18 bits per heavy atom. The summed E-state index contributed by atoms with van der Waals surface area (Å²) in [6.45, 7) is 0.0455. The van der Waals surface area contributed by atoms with Gasteiger partial charge in [0.15, 0.2) is 5.78 Å². The topological polar surface area (TPSA) is 43.1 Å². The zero-order chi connectivity index (χ0) is 11.4. The molecule has 0 aromatic heterocycles. The molecule has 0 atom stereocenters. The molecule has 2 aromatic rings. The average Bonchev–Trinajstić information content (AvgIpc) is 2.39. The SMILES string of the molecule is Cl.NCC(=O)c1ccccc1-c1ccccc1. The number of hydrogen-bond donors (Lipinski definition) is 1. The molecule has 0 aliphatic rings. The third kappa shape index (κ3) is 2.93. The Kier molecular flexibility index (Phi) is 4.88. The fourth-order valence-electron chi connectivity index (χ4n) is 1.71. The Morgan fingerprint density at radius 1 is 0.941 bits per heavy atom. The molecule has 0 amide bonds. The average molecular weight is 248 g/mol. The largest absolute Gasteiger partial charge is 0.324 e. The fraction of sp³-hybridized carbons (Fsp3) is 0.0714. The van der Waals surface area contributed by atoms with Crippen molar-refractivity contribution in [2.24, 2.45) is 5.73 Å². The first kappa shape index (κ1) is 13.4. The molecular formula is C14H14ClNO. The zero-order valence-electron chi connectivity index (χ0n) is 9.30. The third-order valence-corrected chi connectivity index (χ3v) is 2.50. The van der Waals surface area contributed by atoms with Gasteiger partial charge in [0.2, 0.25) is 0 Å². The molecular weight excluding hydrogens is 234 g/mol. The Balaban J connectivity index is 0.00000144. The van der Waals surface area contributed by atoms with Crippen LogP contribution in [0.5, 0.6) is 0 Å². The predicted molar refractivity (Wildman–Crippen MR) is 72.5 cm³/mol. The lowest BCUT2D eigenvalue weighted by atomic mass is 9.97. The van der Waals surface area contributed by atoms with E-state index in [0.29, 0.717) is 5.56 Å². The molecule has 2 aromatic carbocycles. The van der Waals surface area contributed by atoms with E-state index < -0.39 is 0 Å². The van der Waals surface area contributed by atoms with Gasteiger partial charge in [-0.1, -0.05) is 54.6 Å². The molecule has 0 aliphatic carbocycles. The van der Waals surface area contributed by atoms with E-state index in [9.17, 15) is 4.79 Å². The molecule has 0 saturated heterocycles. The van der Waals surface area contributed by atoms with Gasteiger partial charge in [-0.15, -0.1) is 12.4 Å². The number of hydrogen-bond acceptors (Lipinski definition) is 2. The van der Waals surface area contributed by atoms with Crippen molar-refractivity contribution in [1.29, 1.82) is 0 Å². The molecule has 17 heavy (non-hydrogen) atoms. The van der Waals surface area contributed by atoms with Crippen LogP contribution >= 0.6 is 12.4 Å². The van der Waals surface area contributed by atoms with Crippen LogP contribution in [0.1, 0.15) is 10.4 Å². The summed E-state index contributed by atoms with van der Waals surface area (Å²) in [7, 11) is 0. The van der Waals surface area contributed by atoms with E-state index in [-0.39, 0.29) is 24.7 Å². The van der Waals surface area contributed by atoms with Crippen LogP contribution in [0.25, 0.3) is 11.1 Å². The second-order valence-corrected chi connectivity index (χ2v) is 3.54. The second-order valence-electron chi connectivity index (χ2n) is 3.54. The van der Waals surface area contributed by atoms with E-state index in [1.54, 1.807) is 0 Å². The van der Waals surface area contributed by atoms with E-state index in [4.69, 9.17) is 5.73 Å². The molecule has 0 heterocycles. The smallest absolute Gasteiger partial charge is 0.176 e. The number of rotatable bonds is 3. The van der Waals surface area contributed by atoms with E-state index in [1.165, 1.54) is 0 Å². The molecule has 88 valence electrons. The standard InChI is InChI=1S/C14H13NO.ClH/c15-10-14(16)13-9-5-4-8-12(13)11-6-2-1-3-7-11;/h1-9H,10,15H2;1H. The van der Waals surface area contributed by atoms with Crippen LogP contribution < -0.4 is 5.73 Å². The molecule has 0 radical (unpaired) electrons. The van der Waals surface area contributed by atoms with E-state index in [0.717, 1.165) is 11.1 Å². The van der Waals surface area contributed by atoms with Crippen molar-refractivity contribution in [2.45, 2.75) is 0 Å². The molecule has 0 bridgehead atoms. The van der Waals surface area contributed by atoms with Crippen molar-refractivity contribution in [3.8, 4) is 11.1 Å². The number of ketones is 1. The van der Waals surface area contributed by atoms with Crippen LogP contribution in [0.3, 0.4) is 0 Å². The van der Waals surface area contributed by atoms with Gasteiger partial charge in [-0.2, -0.15) is 0 Å². The Labute approximate surface area is 107 Å². The van der Waals surface area contributed by atoms with Crippen LogP contribution in [0.15, 0.2) is 54.6 Å². The van der Waals surface area contributed by atoms with Crippen molar-refractivity contribution in [3.63, 3.8) is 0 Å². The lowest BCUT2D eigenvalue weighted by Gasteiger charge is -2.07. The van der Waals surface area contributed by atoms with Gasteiger partial charge >= 0.3 is 0 Å². The van der Waals surface area contributed by atoms with Gasteiger partial charge in [0.25, 0.3) is 0 Å². The maximum Gasteiger partial charge on any atom is 0.176 e. The summed E-state index contributed by atoms with van der Waals surface area (Å²) < 4.78 is 0. The first-order valence-electron chi connectivity index (χ1n) is 5.20. The van der Waals surface area contributed by atoms with Gasteiger partial charge < -0.3 is 5.73 Å². The molecule has 3 heteroatoms. The van der Waals surface area contributed by atoms with Crippen molar-refractivity contribution < 1.29 is 4.79 Å². The molecule has 2 nitrogen and oxygen atoms in total. The van der Waals surface area contributed by atoms with E-state index in [1.807, 2.05) is 54.6 Å². The third-order valence-electron chi connectivity index (χ3n) is 2.50. The molecule has 0 saturated carbocycles. The highest BCUT2D eigenvalue weighted by atomic mass is 35.5. The van der Waals surface area contributed by atoms with Crippen LogP contribution in [0.2, 0.25) is 0 Å². The highest BCUT2D eigenvalue weighted by molar-refractivity contribution is 6.03. The normalized spacial score (nSPS) is 9.47. The number of benzene rings is 2. The predicted octanol–water partition coefficient (Wildman–Crippen LogP) is 2.92. The summed E-state index contributed by atoms with van der Waals surface area (Å²) in [5.74, 6) is -0.0283. The number of nitrogens with two attached hydrogens (primary N) is 1. The van der Waals surface area contributed by atoms with E-state index >= 15 is 0 Å². The molecule has 2 N–H and O–H groups in total. The minimum absolute atomic E-state index is 0. The Bertz CT molecular complexity index is 497. The van der Waals surface area contributed by atoms with Crippen LogP contribution in [0, 0.1) is 0 Å². The summed E-state index contributed by atoms with van der Waals surface area (Å²) in [6.07, 6.45) is 0. The van der Waals surface area contributed by atoms with Gasteiger partial charge in [0, 0.05) is 5.56 Å². The second kappa shape index (κ2) is 6.18. The summed E-state index contributed by atoms with van der Waals surface area (Å²) in [5, 5.41) is 0. The quantitative estimate of drug-likeness (QED) is 0.848. The minimum Gasteiger partial charge on any atom is -0.324 e. The Hall–Kier alpha value is -1.64. The maximum absolute atomic E-state index is 11.7. The summed E-state index contributed by atoms with van der Waals surface area (Å²) >= 11 is 0. The lowest BCUT2D eigenvalue weighted by Crippen LogP contribution is -2.14. The van der Waals surface area contributed by atoms with Crippen molar-refractivity contribution in [1.82, 2.24) is 0 Å². The molecule has 0 spiro atoms. The summed E-state index contributed by atoms with van der Waals surface area (Å²) in [6, 6.07) is 17.4. The van der Waals surface area contributed by atoms with Gasteiger partial charge in [-0.05, 0) is 11.1 Å². The number of carbonyl (C=O) groups is 1. The van der Waals surface area contributed by atoms with Gasteiger partial charge in [-0.3, -0.25) is 4.79 Å². The van der Waals surface area contributed by atoms with Crippen LogP contribution in [-0.4, -0.2) is 12.3 Å². The highest BCUT2D eigenvalue weighted by Crippen LogP contribution is 2.23. The van der Waals surface area contributed by atoms with E-state index in [2.05, 4.69) is 0 Å². The van der Waals surface area contributed by atoms with Gasteiger partial charge in [-0.25, -0.2) is 0 Å². The van der Waals surface area contributed by atoms with Gasteiger partial charge in [0.05, 0.1) is 6.54 Å². The minimum atomic E-state index is -0.0283. The monoisotopic (exact) mass is 247 g/mol. The maximum atomic E-state index is 11.7. The van der Waals surface area contributed by atoms with Gasteiger partial charge in [0.1, 0.15) is 0 Å². The molecule has 0 unspecified atom stereocenters. The first-order chi connectivity index (χ1) is 7.83. The van der Waals surface area contributed by atoms with Crippen molar-refractivity contribution in [2.75, 3.05) is 6.54 Å². The van der Waals surface area contributed by atoms with Crippen LogP contribution in [0.4, 0.5) is 0 Å². The molecule has 0 fully saturated rings. The zero-order valence-corrected chi connectivity index (χ0v) is 10.1. The van der Waals surface area contributed by atoms with Crippen molar-refractivity contribution in [3.05, 3.63) is 60.2 Å². The molecule has 2 rings (SSSR count). The first-order valence-corrected chi connectivity index (χ1v) is 5.20. The number of halogens is 1. The number of carbonyl (C=O) groups excluding carboxylic acids is 1. The fourth-order valence-corrected chi connectivity index (χ4v) is 1.71. The summed E-state index contributed by atoms with van der Waals surface area (Å²) in [5.41, 5.74) is 8.08. The highest BCUT2D eigenvalue weighted by Gasteiger charge is 2.09. The number of Topliss-reactive ketones (excluding diaryl/α,β-unsaturated/α-hetero) is 1.